The number of ether oxygens (including phenoxy) is 2. The zero-order valence-electron chi connectivity index (χ0n) is 26.0. The number of carbonyl (C=O) groups excluding carboxylic acids is 2. The van der Waals surface area contributed by atoms with Crippen molar-refractivity contribution in [1.29, 1.82) is 0 Å². The van der Waals surface area contributed by atoms with Crippen LogP contribution in [-0.4, -0.2) is 112 Å². The van der Waals surface area contributed by atoms with E-state index in [2.05, 4.69) is 0 Å². The first-order valence-electron chi connectivity index (χ1n) is 15.7. The van der Waals surface area contributed by atoms with Crippen LogP contribution in [0.2, 0.25) is 0 Å². The Morgan fingerprint density at radius 1 is 1.12 bits per heavy atom. The summed E-state index contributed by atoms with van der Waals surface area (Å²) in [6.07, 6.45) is 3.10. The summed E-state index contributed by atoms with van der Waals surface area (Å²) in [6.45, 7) is 9.91. The minimum Gasteiger partial charge on any atom is -0.465 e. The second kappa shape index (κ2) is 13.2. The number of fused-ring (bicyclic) bond motifs is 1. The summed E-state index contributed by atoms with van der Waals surface area (Å²) in [5.74, 6) is -0.0664. The Morgan fingerprint density at radius 3 is 2.49 bits per heavy atom. The van der Waals surface area contributed by atoms with Gasteiger partial charge in [0.15, 0.2) is 5.82 Å². The fourth-order valence-corrected chi connectivity index (χ4v) is 6.87. The molecule has 2 saturated heterocycles. The number of unbranched alkanes of at least 4 members (excludes halogenated alkanes) is 1. The first-order valence-corrected chi connectivity index (χ1v) is 15.7. The average Bonchev–Trinajstić information content (AvgIpc) is 3.75. The van der Waals surface area contributed by atoms with Crippen LogP contribution in [0, 0.1) is 17.3 Å². The van der Waals surface area contributed by atoms with E-state index in [9.17, 15) is 19.5 Å². The molecule has 5 rings (SSSR count). The zero-order chi connectivity index (χ0) is 30.7. The highest BCUT2D eigenvalue weighted by Crippen LogP contribution is 2.40. The molecule has 1 aromatic heterocycles. The van der Waals surface area contributed by atoms with E-state index in [4.69, 9.17) is 14.5 Å². The molecule has 2 aromatic rings. The quantitative estimate of drug-likeness (QED) is 0.412. The van der Waals surface area contributed by atoms with Gasteiger partial charge in [0, 0.05) is 46.4 Å². The second-order valence-corrected chi connectivity index (χ2v) is 13.4. The summed E-state index contributed by atoms with van der Waals surface area (Å²) < 4.78 is 12.7. The number of piperidine rings is 1. The Labute approximate surface area is 254 Å². The molecule has 236 valence electrons. The number of imidazole rings is 1. The molecule has 1 aliphatic carbocycles. The van der Waals surface area contributed by atoms with E-state index < -0.39 is 29.5 Å². The van der Waals surface area contributed by atoms with Crippen molar-refractivity contribution in [2.75, 3.05) is 53.1 Å². The van der Waals surface area contributed by atoms with E-state index in [0.29, 0.717) is 64.2 Å². The molecule has 1 unspecified atom stereocenters. The number of para-hydroxylation sites is 2. The Morgan fingerprint density at radius 2 is 1.84 bits per heavy atom. The summed E-state index contributed by atoms with van der Waals surface area (Å²) >= 11 is 0. The third-order valence-electron chi connectivity index (χ3n) is 9.09. The molecule has 0 radical (unpaired) electrons. The van der Waals surface area contributed by atoms with Crippen LogP contribution >= 0.6 is 0 Å². The van der Waals surface area contributed by atoms with E-state index in [1.54, 1.807) is 12.0 Å². The van der Waals surface area contributed by atoms with Gasteiger partial charge in [0.25, 0.3) is 5.91 Å². The molecule has 1 saturated carbocycles. The number of benzene rings is 1. The molecule has 3 heterocycles. The van der Waals surface area contributed by atoms with E-state index in [0.717, 1.165) is 36.7 Å². The number of aryl methyl sites for hydroxylation is 1. The molecule has 1 aromatic carbocycles. The number of aromatic nitrogens is 2. The van der Waals surface area contributed by atoms with Crippen LogP contribution < -0.4 is 0 Å². The lowest BCUT2D eigenvalue weighted by Crippen LogP contribution is -2.66. The molecule has 3 atom stereocenters. The predicted octanol–water partition coefficient (Wildman–Crippen LogP) is 3.96. The first kappa shape index (κ1) is 31.3. The van der Waals surface area contributed by atoms with Gasteiger partial charge in [-0.05, 0) is 55.6 Å². The molecule has 11 nitrogen and oxygen atoms in total. The zero-order valence-corrected chi connectivity index (χ0v) is 26.0. The molecule has 3 fully saturated rings. The highest BCUT2D eigenvalue weighted by atomic mass is 16.5. The van der Waals surface area contributed by atoms with Gasteiger partial charge in [0.1, 0.15) is 0 Å². The van der Waals surface area contributed by atoms with Crippen molar-refractivity contribution >= 4 is 28.9 Å². The minimum atomic E-state index is -1.06. The summed E-state index contributed by atoms with van der Waals surface area (Å²) in [7, 11) is 1.69. The van der Waals surface area contributed by atoms with Crippen molar-refractivity contribution in [2.24, 2.45) is 17.3 Å². The summed E-state index contributed by atoms with van der Waals surface area (Å²) in [5, 5.41) is 10.5. The van der Waals surface area contributed by atoms with Gasteiger partial charge in [-0.3, -0.25) is 9.59 Å². The average molecular weight is 598 g/mol. The topological polar surface area (TPSA) is 117 Å². The van der Waals surface area contributed by atoms with Crippen LogP contribution in [0.1, 0.15) is 63.5 Å². The van der Waals surface area contributed by atoms with Gasteiger partial charge < -0.3 is 33.8 Å². The number of amides is 3. The van der Waals surface area contributed by atoms with Crippen molar-refractivity contribution in [3.8, 4) is 0 Å². The third-order valence-corrected chi connectivity index (χ3v) is 9.09. The number of rotatable bonds is 10. The highest BCUT2D eigenvalue weighted by molar-refractivity contribution is 5.95. The fraction of sp³-hybridized carbons (Fsp3) is 0.688. The van der Waals surface area contributed by atoms with Crippen LogP contribution in [0.5, 0.6) is 0 Å². The van der Waals surface area contributed by atoms with Gasteiger partial charge in [-0.1, -0.05) is 32.9 Å². The van der Waals surface area contributed by atoms with Gasteiger partial charge in [0.2, 0.25) is 5.91 Å². The van der Waals surface area contributed by atoms with E-state index >= 15 is 0 Å². The van der Waals surface area contributed by atoms with E-state index in [-0.39, 0.29) is 18.4 Å². The Bertz CT molecular complexity index is 1290. The Balaban J connectivity index is 1.54. The van der Waals surface area contributed by atoms with Gasteiger partial charge in [-0.15, -0.1) is 0 Å². The van der Waals surface area contributed by atoms with Crippen molar-refractivity contribution in [1.82, 2.24) is 24.3 Å². The lowest BCUT2D eigenvalue weighted by molar-refractivity contribution is -0.144. The predicted molar refractivity (Wildman–Crippen MR) is 162 cm³/mol. The largest absolute Gasteiger partial charge is 0.465 e. The maximum atomic E-state index is 14.8. The summed E-state index contributed by atoms with van der Waals surface area (Å²) in [5.41, 5.74) is 1.18. The molecule has 0 bridgehead atoms. The van der Waals surface area contributed by atoms with Crippen LogP contribution in [0.3, 0.4) is 0 Å². The molecule has 3 amide bonds. The van der Waals surface area contributed by atoms with Gasteiger partial charge >= 0.3 is 6.09 Å². The molecule has 3 aliphatic rings. The molecule has 2 aliphatic heterocycles. The van der Waals surface area contributed by atoms with Crippen LogP contribution in [-0.2, 0) is 20.8 Å². The number of nitrogens with zero attached hydrogens (tertiary/aromatic N) is 5. The van der Waals surface area contributed by atoms with E-state index in [1.165, 1.54) is 4.90 Å². The molecule has 0 spiro atoms. The number of hydrogen-bond donors (Lipinski definition) is 1. The van der Waals surface area contributed by atoms with E-state index in [1.807, 2.05) is 54.5 Å². The van der Waals surface area contributed by atoms with Crippen LogP contribution in [0.15, 0.2) is 24.3 Å². The highest BCUT2D eigenvalue weighted by Gasteiger charge is 2.51. The number of carbonyl (C=O) groups is 3. The van der Waals surface area contributed by atoms with Crippen molar-refractivity contribution in [3.05, 3.63) is 30.1 Å². The number of morpholine rings is 1. The number of likely N-dealkylation sites (tertiary alicyclic amines) is 1. The number of hydrogen-bond acceptors (Lipinski definition) is 6. The van der Waals surface area contributed by atoms with Gasteiger partial charge in [0.05, 0.1) is 42.2 Å². The standard InChI is InChI=1S/C32H47N5O6/c1-32(2,3)27-26(19-23(21-37(27)31(40)41)29(38)34-14-17-43-18-15-34)36(20-22-11-12-22)30(39)28-33-24-9-5-6-10-25(24)35(28)13-7-8-16-42-4/h5-6,9-10,22-23,26-27H,7-8,11-21H2,1-4H3,(H,40,41)/t23-,26+,27?/m1/s1. The molecular formula is C32H47N5O6. The second-order valence-electron chi connectivity index (χ2n) is 13.4. The SMILES string of the molecule is COCCCCn1c(C(=O)N(CC2CC2)[C@H]2C[C@@H](C(=O)N3CCOCC3)CN(C(=O)O)C2C(C)(C)C)nc2ccccc21. The lowest BCUT2D eigenvalue weighted by Gasteiger charge is -2.52. The molecule has 11 heteroatoms. The molecule has 1 N–H and O–H groups in total. The van der Waals surface area contributed by atoms with Gasteiger partial charge in [-0.2, -0.15) is 0 Å². The monoisotopic (exact) mass is 597 g/mol. The normalized spacial score (nSPS) is 23.0. The third kappa shape index (κ3) is 6.98. The molecular weight excluding hydrogens is 550 g/mol. The number of methoxy groups -OCH3 is 1. The molecule has 43 heavy (non-hydrogen) atoms. The smallest absolute Gasteiger partial charge is 0.407 e. The maximum absolute atomic E-state index is 14.8. The lowest BCUT2D eigenvalue weighted by atomic mass is 9.74. The summed E-state index contributed by atoms with van der Waals surface area (Å²) in [4.78, 5) is 51.3. The van der Waals surface area contributed by atoms with Gasteiger partial charge in [-0.25, -0.2) is 9.78 Å². The first-order chi connectivity index (χ1) is 20.6. The van der Waals surface area contributed by atoms with Crippen molar-refractivity contribution in [2.45, 2.75) is 71.5 Å². The Hall–Kier alpha value is -3.18. The number of carboxylic acid groups (broad SMARTS) is 1. The van der Waals surface area contributed by atoms with Crippen LogP contribution in [0.25, 0.3) is 11.0 Å². The van der Waals surface area contributed by atoms with Crippen LogP contribution in [0.4, 0.5) is 4.79 Å². The van der Waals surface area contributed by atoms with Crippen molar-refractivity contribution < 1.29 is 29.0 Å². The van der Waals surface area contributed by atoms with Crippen molar-refractivity contribution in [3.63, 3.8) is 0 Å². The fourth-order valence-electron chi connectivity index (χ4n) is 6.87. The maximum Gasteiger partial charge on any atom is 0.407 e. The Kier molecular flexibility index (Phi) is 9.60. The minimum absolute atomic E-state index is 0.0592. The summed E-state index contributed by atoms with van der Waals surface area (Å²) in [6, 6.07) is 6.82.